The molecule has 0 spiro atoms. The molecule has 15 heavy (non-hydrogen) atoms. The van der Waals surface area contributed by atoms with Crippen LogP contribution in [0.4, 0.5) is 0 Å². The Morgan fingerprint density at radius 1 is 1.20 bits per heavy atom. The van der Waals surface area contributed by atoms with Gasteiger partial charge in [-0.05, 0) is 13.0 Å². The van der Waals surface area contributed by atoms with Crippen molar-refractivity contribution in [3.8, 4) is 0 Å². The van der Waals surface area contributed by atoms with E-state index in [4.69, 9.17) is 10.2 Å². The number of carbonyl (C=O) groups is 2. The molecule has 0 aromatic carbocycles. The van der Waals surface area contributed by atoms with E-state index >= 15 is 0 Å². The highest BCUT2D eigenvalue weighted by atomic mass is 16.4. The molecule has 0 saturated heterocycles. The fourth-order valence-electron chi connectivity index (χ4n) is 1.25. The Hall–Kier alpha value is -1.10. The molecule has 5 nitrogen and oxygen atoms in total. The van der Waals surface area contributed by atoms with Gasteiger partial charge in [-0.3, -0.25) is 9.59 Å². The van der Waals surface area contributed by atoms with E-state index in [-0.39, 0.29) is 6.42 Å². The van der Waals surface area contributed by atoms with Crippen LogP contribution in [0.3, 0.4) is 0 Å². The third kappa shape index (κ3) is 7.93. The first-order valence-corrected chi connectivity index (χ1v) is 5.26. The summed E-state index contributed by atoms with van der Waals surface area (Å²) in [6.45, 7) is 2.65. The lowest BCUT2D eigenvalue weighted by molar-refractivity contribution is -0.145. The number of unbranched alkanes of at least 4 members (excludes halogenated alkanes) is 3. The van der Waals surface area contributed by atoms with Crippen LogP contribution in [0.15, 0.2) is 0 Å². The summed E-state index contributed by atoms with van der Waals surface area (Å²) < 4.78 is 0. The van der Waals surface area contributed by atoms with Crippen molar-refractivity contribution in [1.82, 2.24) is 5.32 Å². The zero-order chi connectivity index (χ0) is 11.7. The third-order valence-corrected chi connectivity index (χ3v) is 2.10. The first kappa shape index (κ1) is 13.9. The van der Waals surface area contributed by atoms with Crippen molar-refractivity contribution in [2.24, 2.45) is 0 Å². The second kappa shape index (κ2) is 8.23. The van der Waals surface area contributed by atoms with Crippen molar-refractivity contribution in [3.63, 3.8) is 0 Å². The largest absolute Gasteiger partial charge is 0.481 e. The zero-order valence-electron chi connectivity index (χ0n) is 9.03. The van der Waals surface area contributed by atoms with Crippen molar-refractivity contribution in [2.45, 2.75) is 45.1 Å². The van der Waals surface area contributed by atoms with Gasteiger partial charge in [-0.2, -0.15) is 0 Å². The number of hydrogen-bond acceptors (Lipinski definition) is 3. The summed E-state index contributed by atoms with van der Waals surface area (Å²) in [5, 5.41) is 19.9. The molecule has 0 radical (unpaired) electrons. The molecule has 0 bridgehead atoms. The monoisotopic (exact) mass is 217 g/mol. The third-order valence-electron chi connectivity index (χ3n) is 2.10. The smallest absolute Gasteiger partial charge is 0.321 e. The Balaban J connectivity index is 3.67. The maximum atomic E-state index is 10.6. The summed E-state index contributed by atoms with van der Waals surface area (Å²) in [6, 6.07) is -0.968. The Labute approximate surface area is 89.5 Å². The molecule has 0 aromatic heterocycles. The normalized spacial score (nSPS) is 12.3. The molecule has 3 N–H and O–H groups in total. The van der Waals surface area contributed by atoms with Gasteiger partial charge in [0.05, 0.1) is 6.42 Å². The molecule has 0 heterocycles. The predicted molar refractivity (Wildman–Crippen MR) is 55.8 cm³/mol. The van der Waals surface area contributed by atoms with E-state index in [1.54, 1.807) is 0 Å². The molecular formula is C10H19NO4. The molecule has 5 heteroatoms. The van der Waals surface area contributed by atoms with Gasteiger partial charge in [0.15, 0.2) is 0 Å². The van der Waals surface area contributed by atoms with E-state index in [1.165, 1.54) is 0 Å². The van der Waals surface area contributed by atoms with Crippen LogP contribution in [-0.2, 0) is 9.59 Å². The van der Waals surface area contributed by atoms with Gasteiger partial charge < -0.3 is 15.5 Å². The van der Waals surface area contributed by atoms with Crippen LogP contribution in [0.5, 0.6) is 0 Å². The van der Waals surface area contributed by atoms with Gasteiger partial charge >= 0.3 is 11.9 Å². The maximum Gasteiger partial charge on any atom is 0.321 e. The lowest BCUT2D eigenvalue weighted by Crippen LogP contribution is -2.39. The van der Waals surface area contributed by atoms with Crippen LogP contribution in [0.25, 0.3) is 0 Å². The van der Waals surface area contributed by atoms with Crippen molar-refractivity contribution in [2.75, 3.05) is 6.54 Å². The van der Waals surface area contributed by atoms with E-state index in [2.05, 4.69) is 12.2 Å². The average Bonchev–Trinajstić information content (AvgIpc) is 2.15. The van der Waals surface area contributed by atoms with Crippen LogP contribution >= 0.6 is 0 Å². The van der Waals surface area contributed by atoms with Gasteiger partial charge in [0.2, 0.25) is 0 Å². The van der Waals surface area contributed by atoms with Gasteiger partial charge in [0, 0.05) is 0 Å². The summed E-state index contributed by atoms with van der Waals surface area (Å²) in [4.78, 5) is 21.0. The molecule has 0 rings (SSSR count). The summed E-state index contributed by atoms with van der Waals surface area (Å²) in [5.41, 5.74) is 0. The topological polar surface area (TPSA) is 86.6 Å². The molecule has 88 valence electrons. The first-order valence-electron chi connectivity index (χ1n) is 5.26. The highest BCUT2D eigenvalue weighted by Crippen LogP contribution is 1.99. The van der Waals surface area contributed by atoms with Crippen molar-refractivity contribution in [3.05, 3.63) is 0 Å². The van der Waals surface area contributed by atoms with Crippen LogP contribution in [0.2, 0.25) is 0 Å². The first-order chi connectivity index (χ1) is 7.07. The van der Waals surface area contributed by atoms with Crippen molar-refractivity contribution in [1.29, 1.82) is 0 Å². The molecule has 0 aliphatic rings. The number of hydrogen-bond donors (Lipinski definition) is 3. The molecule has 0 fully saturated rings. The summed E-state index contributed by atoms with van der Waals surface area (Å²) in [7, 11) is 0. The van der Waals surface area contributed by atoms with E-state index in [0.29, 0.717) is 6.54 Å². The van der Waals surface area contributed by atoms with E-state index < -0.39 is 18.0 Å². The fourth-order valence-corrected chi connectivity index (χ4v) is 1.25. The number of carboxylic acids is 2. The SMILES string of the molecule is CCCCCCNC(CC(=O)O)C(=O)O. The molecule has 0 aliphatic carbocycles. The highest BCUT2D eigenvalue weighted by Gasteiger charge is 2.19. The minimum Gasteiger partial charge on any atom is -0.481 e. The number of rotatable bonds is 9. The Kier molecular flexibility index (Phi) is 7.62. The predicted octanol–water partition coefficient (Wildman–Crippen LogP) is 1.08. The van der Waals surface area contributed by atoms with Crippen LogP contribution in [0, 0.1) is 0 Å². The summed E-state index contributed by atoms with van der Waals surface area (Å²) in [6.07, 6.45) is 3.80. The highest BCUT2D eigenvalue weighted by molar-refractivity contribution is 5.80. The number of nitrogens with one attached hydrogen (secondary N) is 1. The van der Waals surface area contributed by atoms with Gasteiger partial charge in [-0.1, -0.05) is 26.2 Å². The quantitative estimate of drug-likeness (QED) is 0.503. The van der Waals surface area contributed by atoms with Crippen LogP contribution < -0.4 is 5.32 Å². The van der Waals surface area contributed by atoms with Crippen molar-refractivity contribution >= 4 is 11.9 Å². The van der Waals surface area contributed by atoms with Crippen LogP contribution in [-0.4, -0.2) is 34.7 Å². The maximum absolute atomic E-state index is 10.6. The zero-order valence-corrected chi connectivity index (χ0v) is 9.03. The lowest BCUT2D eigenvalue weighted by Gasteiger charge is -2.11. The van der Waals surface area contributed by atoms with Crippen LogP contribution in [0.1, 0.15) is 39.0 Å². The molecule has 0 aromatic rings. The van der Waals surface area contributed by atoms with Crippen molar-refractivity contribution < 1.29 is 19.8 Å². The van der Waals surface area contributed by atoms with E-state index in [9.17, 15) is 9.59 Å². The van der Waals surface area contributed by atoms with E-state index in [1.807, 2.05) is 0 Å². The second-order valence-corrected chi connectivity index (χ2v) is 3.50. The Morgan fingerprint density at radius 2 is 1.87 bits per heavy atom. The van der Waals surface area contributed by atoms with E-state index in [0.717, 1.165) is 25.7 Å². The summed E-state index contributed by atoms with van der Waals surface area (Å²) in [5.74, 6) is -2.20. The molecule has 0 amide bonds. The molecule has 1 unspecified atom stereocenters. The number of aliphatic carboxylic acids is 2. The van der Waals surface area contributed by atoms with Gasteiger partial charge in [-0.15, -0.1) is 0 Å². The lowest BCUT2D eigenvalue weighted by atomic mass is 10.1. The Morgan fingerprint density at radius 3 is 2.33 bits per heavy atom. The second-order valence-electron chi connectivity index (χ2n) is 3.50. The van der Waals surface area contributed by atoms with Gasteiger partial charge in [0.25, 0.3) is 0 Å². The number of carboxylic acid groups (broad SMARTS) is 2. The molecular weight excluding hydrogens is 198 g/mol. The van der Waals surface area contributed by atoms with Gasteiger partial charge in [-0.25, -0.2) is 0 Å². The molecule has 1 atom stereocenters. The Bertz CT molecular complexity index is 206. The average molecular weight is 217 g/mol. The standard InChI is InChI=1S/C10H19NO4/c1-2-3-4-5-6-11-8(10(14)15)7-9(12)13/h8,11H,2-7H2,1H3,(H,12,13)(H,14,15). The minimum atomic E-state index is -1.10. The molecule has 0 saturated carbocycles. The molecule has 0 aliphatic heterocycles. The summed E-state index contributed by atoms with van der Waals surface area (Å²) >= 11 is 0. The minimum absolute atomic E-state index is 0.372. The fraction of sp³-hybridized carbons (Fsp3) is 0.800. The van der Waals surface area contributed by atoms with Gasteiger partial charge in [0.1, 0.15) is 6.04 Å².